The van der Waals surface area contributed by atoms with E-state index in [9.17, 15) is 0 Å². The molecular weight excluding hydrogens is 507 g/mol. The molecule has 210 valence electrons. The number of aromatic nitrogens is 1. The largest absolute Gasteiger partial charge is 0.473 e. The number of benzene rings is 4. The van der Waals surface area contributed by atoms with Crippen molar-refractivity contribution in [2.24, 2.45) is 0 Å². The normalized spacial score (nSPS) is 16.2. The molecule has 0 saturated carbocycles. The summed E-state index contributed by atoms with van der Waals surface area (Å²) in [7, 11) is 0. The highest BCUT2D eigenvalue weighted by molar-refractivity contribution is 6.13. The van der Waals surface area contributed by atoms with Crippen LogP contribution < -0.4 is 9.64 Å². The molecule has 0 saturated heterocycles. The number of hydrogen-bond donors (Lipinski definition) is 0. The van der Waals surface area contributed by atoms with Crippen LogP contribution in [0.2, 0.25) is 0 Å². The molecule has 1 unspecified atom stereocenters. The maximum Gasteiger partial charge on any atom is 0.180 e. The zero-order valence-electron chi connectivity index (χ0n) is 24.4. The summed E-state index contributed by atoms with van der Waals surface area (Å²) in [5.74, 6) is 0.486. The summed E-state index contributed by atoms with van der Waals surface area (Å²) >= 11 is 0. The van der Waals surface area contributed by atoms with Crippen LogP contribution in [0.1, 0.15) is 63.1 Å². The zero-order valence-corrected chi connectivity index (χ0v) is 24.4. The average Bonchev–Trinajstić information content (AvgIpc) is 3.35. The van der Waals surface area contributed by atoms with E-state index < -0.39 is 5.60 Å². The second kappa shape index (κ2) is 11.4. The van der Waals surface area contributed by atoms with Crippen LogP contribution in [0, 0.1) is 5.82 Å². The van der Waals surface area contributed by atoms with E-state index in [0.29, 0.717) is 5.56 Å². The predicted octanol–water partition coefficient (Wildman–Crippen LogP) is 9.71. The van der Waals surface area contributed by atoms with Gasteiger partial charge in [-0.15, -0.1) is 0 Å². The number of nitrogens with zero attached hydrogens (tertiary/aromatic N) is 2. The first kappa shape index (κ1) is 27.1. The number of aryl methyl sites for hydroxylation is 1. The van der Waals surface area contributed by atoms with Crippen LogP contribution in [0.3, 0.4) is 0 Å². The van der Waals surface area contributed by atoms with Gasteiger partial charge in [0.25, 0.3) is 0 Å². The topological polar surface area (TPSA) is 17.4 Å². The minimum absolute atomic E-state index is 0.277. The standard InChI is InChI=1S/C37H39FN2O/c1-4-7-25-39(26-8-5-2)28-19-17-27(18-20-28)37(31-14-10-11-15-32(31)38)24-23-30-35(41-37)22-21-34-36(30)29-13-9-12-16-33(29)40(34)6-3/h9-24H,4-8,25-26H2,1-3H3. The van der Waals surface area contributed by atoms with Gasteiger partial charge < -0.3 is 14.2 Å². The molecule has 0 fully saturated rings. The van der Waals surface area contributed by atoms with E-state index in [-0.39, 0.29) is 5.82 Å². The predicted molar refractivity (Wildman–Crippen MR) is 170 cm³/mol. The second-order valence-electron chi connectivity index (χ2n) is 11.0. The molecule has 2 heterocycles. The van der Waals surface area contributed by atoms with Gasteiger partial charge in [0.1, 0.15) is 11.6 Å². The molecule has 41 heavy (non-hydrogen) atoms. The minimum Gasteiger partial charge on any atom is -0.473 e. The van der Waals surface area contributed by atoms with E-state index >= 15 is 4.39 Å². The van der Waals surface area contributed by atoms with Gasteiger partial charge in [0.2, 0.25) is 0 Å². The molecule has 3 nitrogen and oxygen atoms in total. The van der Waals surface area contributed by atoms with Crippen molar-refractivity contribution < 1.29 is 9.13 Å². The summed E-state index contributed by atoms with van der Waals surface area (Å²) in [6.07, 6.45) is 8.85. The maximum atomic E-state index is 15.6. The average molecular weight is 547 g/mol. The number of rotatable bonds is 10. The Balaban J connectivity index is 1.48. The number of ether oxygens (including phenoxy) is 1. The van der Waals surface area contributed by atoms with Gasteiger partial charge in [-0.05, 0) is 68.3 Å². The first-order chi connectivity index (χ1) is 20.1. The van der Waals surface area contributed by atoms with Gasteiger partial charge in [0, 0.05) is 63.8 Å². The van der Waals surface area contributed by atoms with Gasteiger partial charge in [-0.2, -0.15) is 0 Å². The van der Waals surface area contributed by atoms with Gasteiger partial charge >= 0.3 is 0 Å². The fourth-order valence-electron chi connectivity index (χ4n) is 6.36. The van der Waals surface area contributed by atoms with Crippen LogP contribution in [0.5, 0.6) is 5.75 Å². The number of anilines is 1. The molecule has 5 aromatic rings. The highest BCUT2D eigenvalue weighted by atomic mass is 19.1. The lowest BCUT2D eigenvalue weighted by Crippen LogP contribution is -2.35. The van der Waals surface area contributed by atoms with Gasteiger partial charge in [-0.3, -0.25) is 0 Å². The third-order valence-electron chi connectivity index (χ3n) is 8.51. The van der Waals surface area contributed by atoms with Gasteiger partial charge in [0.15, 0.2) is 5.60 Å². The van der Waals surface area contributed by atoms with Crippen LogP contribution in [0.4, 0.5) is 10.1 Å². The molecule has 4 aromatic carbocycles. The van der Waals surface area contributed by atoms with Crippen LogP contribution in [-0.2, 0) is 12.1 Å². The van der Waals surface area contributed by atoms with Crippen molar-refractivity contribution in [1.29, 1.82) is 0 Å². The minimum atomic E-state index is -1.08. The van der Waals surface area contributed by atoms with Gasteiger partial charge in [-0.1, -0.05) is 75.2 Å². The van der Waals surface area contributed by atoms with Crippen LogP contribution >= 0.6 is 0 Å². The number of halogens is 1. The van der Waals surface area contributed by atoms with E-state index in [1.54, 1.807) is 6.07 Å². The Kier molecular flexibility index (Phi) is 7.57. The lowest BCUT2D eigenvalue weighted by molar-refractivity contribution is 0.156. The summed E-state index contributed by atoms with van der Waals surface area (Å²) in [5, 5.41) is 2.38. The maximum absolute atomic E-state index is 15.6. The Morgan fingerprint density at radius 1 is 0.780 bits per heavy atom. The Morgan fingerprint density at radius 3 is 2.20 bits per heavy atom. The van der Waals surface area contributed by atoms with Gasteiger partial charge in [-0.25, -0.2) is 4.39 Å². The number of unbranched alkanes of at least 4 members (excludes halogenated alkanes) is 2. The molecular formula is C37H39FN2O. The van der Waals surface area contributed by atoms with Crippen molar-refractivity contribution in [3.8, 4) is 5.75 Å². The highest BCUT2D eigenvalue weighted by Crippen LogP contribution is 2.46. The van der Waals surface area contributed by atoms with Crippen molar-refractivity contribution in [3.63, 3.8) is 0 Å². The number of fused-ring (bicyclic) bond motifs is 5. The number of para-hydroxylation sites is 1. The Bertz CT molecular complexity index is 1690. The molecule has 0 radical (unpaired) electrons. The fourth-order valence-corrected chi connectivity index (χ4v) is 6.36. The molecule has 1 aliphatic heterocycles. The van der Waals surface area contributed by atoms with Gasteiger partial charge in [0.05, 0.1) is 0 Å². The number of hydrogen-bond acceptors (Lipinski definition) is 2. The van der Waals surface area contributed by atoms with Crippen LogP contribution in [-0.4, -0.2) is 17.7 Å². The molecule has 0 bridgehead atoms. The quantitative estimate of drug-likeness (QED) is 0.173. The second-order valence-corrected chi connectivity index (χ2v) is 11.0. The third-order valence-corrected chi connectivity index (χ3v) is 8.51. The smallest absolute Gasteiger partial charge is 0.180 e. The molecule has 1 atom stereocenters. The Hall–Kier alpha value is -4.05. The summed E-state index contributed by atoms with van der Waals surface area (Å²) in [6.45, 7) is 9.61. The summed E-state index contributed by atoms with van der Waals surface area (Å²) in [5.41, 5.74) is 4.99. The highest BCUT2D eigenvalue weighted by Gasteiger charge is 2.39. The van der Waals surface area contributed by atoms with E-state index in [1.165, 1.54) is 46.4 Å². The van der Waals surface area contributed by atoms with Crippen molar-refractivity contribution >= 4 is 33.6 Å². The van der Waals surface area contributed by atoms with Crippen LogP contribution in [0.15, 0.2) is 91.0 Å². The third kappa shape index (κ3) is 4.69. The summed E-state index contributed by atoms with van der Waals surface area (Å²) < 4.78 is 24.9. The molecule has 1 aromatic heterocycles. The molecule has 0 spiro atoms. The summed E-state index contributed by atoms with van der Waals surface area (Å²) in [4.78, 5) is 2.47. The first-order valence-corrected chi connectivity index (χ1v) is 15.1. The van der Waals surface area contributed by atoms with Crippen molar-refractivity contribution in [2.75, 3.05) is 18.0 Å². The Labute approximate surface area is 242 Å². The van der Waals surface area contributed by atoms with Crippen molar-refractivity contribution in [3.05, 3.63) is 114 Å². The fraction of sp³-hybridized carbons (Fsp3) is 0.297. The SMILES string of the molecule is CCCCN(CCCC)c1ccc(C2(c3ccccc3F)C=Cc3c(ccc4c3c3ccccc3n4CC)O2)cc1. The van der Waals surface area contributed by atoms with Crippen LogP contribution in [0.25, 0.3) is 27.9 Å². The molecule has 0 amide bonds. The monoisotopic (exact) mass is 546 g/mol. The van der Waals surface area contributed by atoms with Crippen molar-refractivity contribution in [1.82, 2.24) is 4.57 Å². The van der Waals surface area contributed by atoms with E-state index in [4.69, 9.17) is 4.74 Å². The molecule has 4 heteroatoms. The molecule has 0 aliphatic carbocycles. The molecule has 1 aliphatic rings. The Morgan fingerprint density at radius 2 is 1.49 bits per heavy atom. The molecule has 0 N–H and O–H groups in total. The lowest BCUT2D eigenvalue weighted by Gasteiger charge is -2.37. The van der Waals surface area contributed by atoms with E-state index in [1.807, 2.05) is 24.3 Å². The lowest BCUT2D eigenvalue weighted by atomic mass is 9.83. The zero-order chi connectivity index (χ0) is 28.4. The summed E-state index contributed by atoms with van der Waals surface area (Å²) in [6, 6.07) is 28.3. The first-order valence-electron chi connectivity index (χ1n) is 15.1. The van der Waals surface area contributed by atoms with Crippen molar-refractivity contribution in [2.45, 2.75) is 58.6 Å². The van der Waals surface area contributed by atoms with E-state index in [0.717, 1.165) is 49.4 Å². The molecule has 6 rings (SSSR count). The van der Waals surface area contributed by atoms with E-state index in [2.05, 4.69) is 90.9 Å².